The molecular weight excluding hydrogens is 427 g/mol. The number of carbonyl (C=O) groups is 1. The van der Waals surface area contributed by atoms with E-state index in [1.54, 1.807) is 4.90 Å². The Morgan fingerprint density at radius 2 is 1.77 bits per heavy atom. The molecule has 0 spiro atoms. The lowest BCUT2D eigenvalue weighted by molar-refractivity contribution is -0.159. The first-order chi connectivity index (χ1) is 14.1. The third-order valence-corrected chi connectivity index (χ3v) is 6.90. The van der Waals surface area contributed by atoms with Crippen LogP contribution in [0.1, 0.15) is 31.2 Å². The van der Waals surface area contributed by atoms with E-state index in [0.29, 0.717) is 31.7 Å². The quantitative estimate of drug-likeness (QED) is 0.642. The van der Waals surface area contributed by atoms with E-state index in [2.05, 4.69) is 0 Å². The van der Waals surface area contributed by atoms with Crippen molar-refractivity contribution in [1.82, 2.24) is 4.90 Å². The molecule has 2 saturated heterocycles. The van der Waals surface area contributed by atoms with Gasteiger partial charge in [-0.1, -0.05) is 0 Å². The second-order valence-electron chi connectivity index (χ2n) is 7.58. The first-order valence-corrected chi connectivity index (χ1v) is 10.8. The predicted molar refractivity (Wildman–Crippen MR) is 101 cm³/mol. The summed E-state index contributed by atoms with van der Waals surface area (Å²) in [6.07, 6.45) is -3.46. The van der Waals surface area contributed by atoms with Gasteiger partial charge in [0.15, 0.2) is 11.1 Å². The molecule has 168 valence electrons. The number of carboxylic acids is 1. The number of halogens is 3. The van der Waals surface area contributed by atoms with Crippen molar-refractivity contribution in [2.24, 2.45) is 5.41 Å². The standard InChI is InChI=1S/C19H24F3NO6S/c20-19(21,22)13-1-3-14(4-2-13)29-15-5-9-23(10-6-15)16(30(26)27)18(17(24)25)7-11-28-12-8-18/h1-4,15-16H,5-12H2,(H,24,25)(H,26,27). The molecule has 1 aromatic carbocycles. The van der Waals surface area contributed by atoms with Crippen molar-refractivity contribution in [2.45, 2.75) is 43.3 Å². The summed E-state index contributed by atoms with van der Waals surface area (Å²) < 4.78 is 71.1. The molecular formula is C19H24F3NO6S. The maximum Gasteiger partial charge on any atom is 0.416 e. The molecule has 2 atom stereocenters. The summed E-state index contributed by atoms with van der Waals surface area (Å²) in [4.78, 5) is 13.7. The van der Waals surface area contributed by atoms with Crippen molar-refractivity contribution in [3.8, 4) is 5.75 Å². The van der Waals surface area contributed by atoms with Gasteiger partial charge in [-0.05, 0) is 49.9 Å². The van der Waals surface area contributed by atoms with Crippen molar-refractivity contribution in [1.29, 1.82) is 0 Å². The number of carboxylic acid groups (broad SMARTS) is 1. The van der Waals surface area contributed by atoms with E-state index >= 15 is 0 Å². The molecule has 1 aromatic rings. The van der Waals surface area contributed by atoms with Gasteiger partial charge in [-0.3, -0.25) is 9.69 Å². The van der Waals surface area contributed by atoms with Gasteiger partial charge in [-0.15, -0.1) is 0 Å². The maximum absolute atomic E-state index is 12.7. The summed E-state index contributed by atoms with van der Waals surface area (Å²) in [6, 6.07) is 4.44. The van der Waals surface area contributed by atoms with E-state index in [4.69, 9.17) is 9.47 Å². The summed E-state index contributed by atoms with van der Waals surface area (Å²) >= 11 is -2.38. The number of alkyl halides is 3. The maximum atomic E-state index is 12.7. The molecule has 0 radical (unpaired) electrons. The molecule has 2 fully saturated rings. The van der Waals surface area contributed by atoms with Gasteiger partial charge in [-0.25, -0.2) is 4.21 Å². The van der Waals surface area contributed by atoms with Gasteiger partial charge in [0.2, 0.25) is 0 Å². The number of rotatable bonds is 6. The van der Waals surface area contributed by atoms with Crippen LogP contribution in [0.4, 0.5) is 13.2 Å². The Kier molecular flexibility index (Phi) is 7.05. The van der Waals surface area contributed by atoms with Gasteiger partial charge in [0.05, 0.1) is 5.56 Å². The molecule has 0 aliphatic carbocycles. The number of likely N-dealkylation sites (tertiary alicyclic amines) is 1. The zero-order valence-electron chi connectivity index (χ0n) is 16.1. The average Bonchev–Trinajstić information content (AvgIpc) is 2.69. The van der Waals surface area contributed by atoms with E-state index in [0.717, 1.165) is 12.1 Å². The first kappa shape index (κ1) is 23.0. The van der Waals surface area contributed by atoms with Crippen molar-refractivity contribution in [2.75, 3.05) is 26.3 Å². The molecule has 7 nitrogen and oxygen atoms in total. The zero-order chi connectivity index (χ0) is 21.9. The van der Waals surface area contributed by atoms with Crippen LogP contribution in [0.5, 0.6) is 5.75 Å². The summed E-state index contributed by atoms with van der Waals surface area (Å²) in [5.41, 5.74) is -2.12. The Morgan fingerprint density at radius 3 is 2.23 bits per heavy atom. The minimum atomic E-state index is -4.41. The number of ether oxygens (including phenoxy) is 2. The van der Waals surface area contributed by atoms with Crippen LogP contribution < -0.4 is 4.74 Å². The molecule has 2 heterocycles. The third-order valence-electron chi connectivity index (χ3n) is 5.77. The molecule has 3 rings (SSSR count). The van der Waals surface area contributed by atoms with E-state index in [1.807, 2.05) is 0 Å². The molecule has 0 bridgehead atoms. The van der Waals surface area contributed by atoms with Crippen molar-refractivity contribution < 1.29 is 41.3 Å². The molecule has 30 heavy (non-hydrogen) atoms. The van der Waals surface area contributed by atoms with Crippen LogP contribution in [0.3, 0.4) is 0 Å². The van der Waals surface area contributed by atoms with Crippen LogP contribution in [-0.2, 0) is 26.8 Å². The molecule has 0 aromatic heterocycles. The largest absolute Gasteiger partial charge is 0.490 e. The van der Waals surface area contributed by atoms with E-state index in [9.17, 15) is 31.8 Å². The van der Waals surface area contributed by atoms with Gasteiger partial charge < -0.3 is 19.1 Å². The highest BCUT2D eigenvalue weighted by Crippen LogP contribution is 2.40. The van der Waals surface area contributed by atoms with E-state index in [1.165, 1.54) is 12.1 Å². The fourth-order valence-electron chi connectivity index (χ4n) is 4.12. The Labute approximate surface area is 174 Å². The number of hydrogen-bond acceptors (Lipinski definition) is 5. The van der Waals surface area contributed by atoms with Crippen molar-refractivity contribution in [3.63, 3.8) is 0 Å². The lowest BCUT2D eigenvalue weighted by Gasteiger charge is -2.45. The Morgan fingerprint density at radius 1 is 1.20 bits per heavy atom. The van der Waals surface area contributed by atoms with Crippen LogP contribution in [0.25, 0.3) is 0 Å². The number of benzene rings is 1. The number of piperidine rings is 1. The van der Waals surface area contributed by atoms with Crippen LogP contribution in [-0.4, -0.2) is 62.5 Å². The average molecular weight is 451 g/mol. The summed E-state index contributed by atoms with van der Waals surface area (Å²) in [5.74, 6) is -0.795. The molecule has 0 saturated carbocycles. The second-order valence-corrected chi connectivity index (χ2v) is 8.58. The smallest absolute Gasteiger partial charge is 0.416 e. The van der Waals surface area contributed by atoms with Gasteiger partial charge in [0.25, 0.3) is 0 Å². The normalized spacial score (nSPS) is 22.9. The van der Waals surface area contributed by atoms with Gasteiger partial charge in [0, 0.05) is 26.3 Å². The number of hydrogen-bond donors (Lipinski definition) is 2. The second kappa shape index (κ2) is 9.21. The Hall–Kier alpha value is -1.69. The lowest BCUT2D eigenvalue weighted by atomic mass is 9.79. The summed E-state index contributed by atoms with van der Waals surface area (Å²) in [7, 11) is 0. The minimum Gasteiger partial charge on any atom is -0.490 e. The molecule has 2 aliphatic heterocycles. The summed E-state index contributed by atoms with van der Waals surface area (Å²) in [5, 5.41) is 8.77. The molecule has 0 amide bonds. The highest BCUT2D eigenvalue weighted by molar-refractivity contribution is 7.79. The third kappa shape index (κ3) is 4.96. The summed E-state index contributed by atoms with van der Waals surface area (Å²) in [6.45, 7) is 1.12. The van der Waals surface area contributed by atoms with Crippen LogP contribution in [0.2, 0.25) is 0 Å². The highest BCUT2D eigenvalue weighted by Gasteiger charge is 2.52. The van der Waals surface area contributed by atoms with Crippen LogP contribution >= 0.6 is 0 Å². The molecule has 2 N–H and O–H groups in total. The van der Waals surface area contributed by atoms with Gasteiger partial charge in [0.1, 0.15) is 22.6 Å². The van der Waals surface area contributed by atoms with Gasteiger partial charge >= 0.3 is 12.1 Å². The zero-order valence-corrected chi connectivity index (χ0v) is 17.0. The van der Waals surface area contributed by atoms with Crippen LogP contribution in [0.15, 0.2) is 24.3 Å². The fraction of sp³-hybridized carbons (Fsp3) is 0.632. The number of nitrogens with zero attached hydrogens (tertiary/aromatic N) is 1. The lowest BCUT2D eigenvalue weighted by Crippen LogP contribution is -2.58. The van der Waals surface area contributed by atoms with Crippen molar-refractivity contribution >= 4 is 17.0 Å². The number of aliphatic carboxylic acids is 1. The topological polar surface area (TPSA) is 96.3 Å². The molecule has 11 heteroatoms. The van der Waals surface area contributed by atoms with Gasteiger partial charge in [-0.2, -0.15) is 13.2 Å². The highest BCUT2D eigenvalue weighted by atomic mass is 32.2. The molecule has 2 aliphatic rings. The monoisotopic (exact) mass is 451 g/mol. The molecule has 2 unspecified atom stereocenters. The fourth-order valence-corrected chi connectivity index (χ4v) is 5.30. The Balaban J connectivity index is 1.64. The first-order valence-electron chi connectivity index (χ1n) is 9.62. The minimum absolute atomic E-state index is 0.154. The van der Waals surface area contributed by atoms with Crippen LogP contribution in [0, 0.1) is 5.41 Å². The SMILES string of the molecule is O=C(O)C1(C(N2CCC(Oc3ccc(C(F)(F)F)cc3)CC2)S(=O)O)CCOCC1. The Bertz CT molecular complexity index is 759. The van der Waals surface area contributed by atoms with Crippen molar-refractivity contribution in [3.05, 3.63) is 29.8 Å². The predicted octanol–water partition coefficient (Wildman–Crippen LogP) is 2.98. The van der Waals surface area contributed by atoms with E-state index < -0.39 is 39.6 Å². The van der Waals surface area contributed by atoms with E-state index in [-0.39, 0.29) is 32.2 Å².